The zero-order valence-electron chi connectivity index (χ0n) is 8.60. The lowest BCUT2D eigenvalue weighted by Crippen LogP contribution is -2.11. The number of rotatable bonds is 3. The second kappa shape index (κ2) is 5.35. The van der Waals surface area contributed by atoms with E-state index < -0.39 is 0 Å². The van der Waals surface area contributed by atoms with Crippen LogP contribution in [0.3, 0.4) is 0 Å². The summed E-state index contributed by atoms with van der Waals surface area (Å²) in [4.78, 5) is 0. The van der Waals surface area contributed by atoms with Crippen molar-refractivity contribution in [2.75, 3.05) is 11.9 Å². The van der Waals surface area contributed by atoms with Gasteiger partial charge in [0.15, 0.2) is 0 Å². The molecule has 0 heterocycles. The summed E-state index contributed by atoms with van der Waals surface area (Å²) in [6.07, 6.45) is 5.59. The summed E-state index contributed by atoms with van der Waals surface area (Å²) in [6.45, 7) is 1.11. The van der Waals surface area contributed by atoms with E-state index in [0.29, 0.717) is 0 Å². The summed E-state index contributed by atoms with van der Waals surface area (Å²) in [5.74, 6) is 0.871. The molecule has 0 atom stereocenters. The maximum Gasteiger partial charge on any atom is 0.0496 e. The first kappa shape index (κ1) is 11.5. The molecule has 0 saturated heterocycles. The van der Waals surface area contributed by atoms with E-state index >= 15 is 0 Å². The molecule has 1 saturated carbocycles. The summed E-state index contributed by atoms with van der Waals surface area (Å²) in [6, 6.07) is 6.24. The van der Waals surface area contributed by atoms with E-state index in [4.69, 9.17) is 0 Å². The average molecular weight is 333 g/mol. The maximum atomic E-state index is 3.56. The first-order valence-corrected chi connectivity index (χ1v) is 7.03. The molecule has 1 N–H and O–H groups in total. The molecule has 0 unspecified atom stereocenters. The largest absolute Gasteiger partial charge is 0.384 e. The molecule has 1 fully saturated rings. The van der Waals surface area contributed by atoms with Crippen molar-refractivity contribution < 1.29 is 0 Å². The molecular formula is C12H15Br2N. The van der Waals surface area contributed by atoms with Gasteiger partial charge in [-0.15, -0.1) is 0 Å². The lowest BCUT2D eigenvalue weighted by molar-refractivity contribution is 0.580. The van der Waals surface area contributed by atoms with E-state index in [1.54, 1.807) is 0 Å². The molecular weight excluding hydrogens is 318 g/mol. The van der Waals surface area contributed by atoms with Crippen molar-refractivity contribution in [2.24, 2.45) is 5.92 Å². The third kappa shape index (κ3) is 3.22. The first-order valence-electron chi connectivity index (χ1n) is 5.44. The van der Waals surface area contributed by atoms with Crippen LogP contribution in [0, 0.1) is 5.92 Å². The van der Waals surface area contributed by atoms with E-state index in [1.165, 1.54) is 31.4 Å². The van der Waals surface area contributed by atoms with Crippen molar-refractivity contribution in [3.05, 3.63) is 27.1 Å². The zero-order chi connectivity index (χ0) is 10.7. The maximum absolute atomic E-state index is 3.56. The molecule has 0 bridgehead atoms. The lowest BCUT2D eigenvalue weighted by Gasteiger charge is -2.13. The van der Waals surface area contributed by atoms with Gasteiger partial charge >= 0.3 is 0 Å². The van der Waals surface area contributed by atoms with E-state index in [1.807, 2.05) is 6.07 Å². The highest BCUT2D eigenvalue weighted by molar-refractivity contribution is 9.11. The van der Waals surface area contributed by atoms with Crippen LogP contribution in [0.2, 0.25) is 0 Å². The highest BCUT2D eigenvalue weighted by atomic mass is 79.9. The Balaban J connectivity index is 1.94. The smallest absolute Gasteiger partial charge is 0.0496 e. The second-order valence-electron chi connectivity index (χ2n) is 4.16. The Hall–Kier alpha value is -0.0200. The number of halogens is 2. The Morgan fingerprint density at radius 3 is 2.67 bits per heavy atom. The van der Waals surface area contributed by atoms with E-state index in [-0.39, 0.29) is 0 Å². The number of hydrogen-bond acceptors (Lipinski definition) is 1. The summed E-state index contributed by atoms with van der Waals surface area (Å²) in [5.41, 5.74) is 1.19. The Labute approximate surface area is 108 Å². The zero-order valence-corrected chi connectivity index (χ0v) is 11.8. The molecule has 0 radical (unpaired) electrons. The number of benzene rings is 1. The van der Waals surface area contributed by atoms with Gasteiger partial charge in [0.2, 0.25) is 0 Å². The summed E-state index contributed by atoms with van der Waals surface area (Å²) in [5, 5.41) is 3.52. The number of anilines is 1. The molecule has 2 rings (SSSR count). The molecule has 3 heteroatoms. The Morgan fingerprint density at radius 2 is 1.93 bits per heavy atom. The predicted octanol–water partition coefficient (Wildman–Crippen LogP) is 4.81. The predicted molar refractivity (Wildman–Crippen MR) is 72.3 cm³/mol. The monoisotopic (exact) mass is 331 g/mol. The fourth-order valence-electron chi connectivity index (χ4n) is 2.10. The van der Waals surface area contributed by atoms with Crippen LogP contribution in [0.5, 0.6) is 0 Å². The molecule has 0 amide bonds. The number of nitrogens with one attached hydrogen (secondary N) is 1. The quantitative estimate of drug-likeness (QED) is 0.837. The SMILES string of the molecule is Brc1ccc(Br)c(NCC2CCCC2)c1. The van der Waals surface area contributed by atoms with Gasteiger partial charge in [0.25, 0.3) is 0 Å². The minimum atomic E-state index is 0.871. The van der Waals surface area contributed by atoms with Gasteiger partial charge < -0.3 is 5.32 Å². The van der Waals surface area contributed by atoms with Crippen LogP contribution in [0.1, 0.15) is 25.7 Å². The fraction of sp³-hybridized carbons (Fsp3) is 0.500. The molecule has 0 aromatic heterocycles. The lowest BCUT2D eigenvalue weighted by atomic mass is 10.1. The van der Waals surface area contributed by atoms with Gasteiger partial charge in [0.1, 0.15) is 0 Å². The highest BCUT2D eigenvalue weighted by Gasteiger charge is 2.14. The van der Waals surface area contributed by atoms with Crippen LogP contribution in [0.25, 0.3) is 0 Å². The summed E-state index contributed by atoms with van der Waals surface area (Å²) in [7, 11) is 0. The van der Waals surface area contributed by atoms with Gasteiger partial charge in [-0.05, 0) is 52.9 Å². The normalized spacial score (nSPS) is 16.9. The van der Waals surface area contributed by atoms with Gasteiger partial charge in [-0.2, -0.15) is 0 Å². The fourth-order valence-corrected chi connectivity index (χ4v) is 2.85. The van der Waals surface area contributed by atoms with Crippen molar-refractivity contribution in [2.45, 2.75) is 25.7 Å². The van der Waals surface area contributed by atoms with Crippen LogP contribution >= 0.6 is 31.9 Å². The molecule has 1 nitrogen and oxygen atoms in total. The van der Waals surface area contributed by atoms with E-state index in [0.717, 1.165) is 21.4 Å². The Morgan fingerprint density at radius 1 is 1.20 bits per heavy atom. The first-order chi connectivity index (χ1) is 7.25. The second-order valence-corrected chi connectivity index (χ2v) is 5.93. The minimum absolute atomic E-state index is 0.871. The molecule has 15 heavy (non-hydrogen) atoms. The molecule has 0 aliphatic heterocycles. The average Bonchev–Trinajstić information content (AvgIpc) is 2.72. The van der Waals surface area contributed by atoms with Crippen LogP contribution in [-0.2, 0) is 0 Å². The van der Waals surface area contributed by atoms with Gasteiger partial charge in [-0.25, -0.2) is 0 Å². The Bertz CT molecular complexity index is 332. The highest BCUT2D eigenvalue weighted by Crippen LogP contribution is 2.29. The van der Waals surface area contributed by atoms with Crippen molar-refractivity contribution in [3.8, 4) is 0 Å². The molecule has 1 aromatic carbocycles. The van der Waals surface area contributed by atoms with Crippen molar-refractivity contribution in [1.82, 2.24) is 0 Å². The van der Waals surface area contributed by atoms with Crippen molar-refractivity contribution in [1.29, 1.82) is 0 Å². The van der Waals surface area contributed by atoms with Crippen LogP contribution in [0.4, 0.5) is 5.69 Å². The van der Waals surface area contributed by atoms with Gasteiger partial charge in [-0.1, -0.05) is 28.8 Å². The van der Waals surface area contributed by atoms with E-state index in [2.05, 4.69) is 49.3 Å². The molecule has 1 aliphatic rings. The topological polar surface area (TPSA) is 12.0 Å². The molecule has 0 spiro atoms. The Kier molecular flexibility index (Phi) is 4.09. The molecule has 82 valence electrons. The molecule has 1 aromatic rings. The summed E-state index contributed by atoms with van der Waals surface area (Å²) >= 11 is 7.05. The van der Waals surface area contributed by atoms with Crippen LogP contribution in [-0.4, -0.2) is 6.54 Å². The minimum Gasteiger partial charge on any atom is -0.384 e. The van der Waals surface area contributed by atoms with Crippen molar-refractivity contribution in [3.63, 3.8) is 0 Å². The standard InChI is InChI=1S/C12H15Br2N/c13-10-5-6-11(14)12(7-10)15-8-9-3-1-2-4-9/h5-7,9,15H,1-4,8H2. The van der Waals surface area contributed by atoms with Crippen LogP contribution in [0.15, 0.2) is 27.1 Å². The number of hydrogen-bond donors (Lipinski definition) is 1. The van der Waals surface area contributed by atoms with E-state index in [9.17, 15) is 0 Å². The molecule has 1 aliphatic carbocycles. The van der Waals surface area contributed by atoms with Crippen molar-refractivity contribution >= 4 is 37.5 Å². The van der Waals surface area contributed by atoms with Gasteiger partial charge in [-0.3, -0.25) is 0 Å². The third-order valence-electron chi connectivity index (χ3n) is 2.98. The van der Waals surface area contributed by atoms with Crippen LogP contribution < -0.4 is 5.32 Å². The third-order valence-corrected chi connectivity index (χ3v) is 4.17. The van der Waals surface area contributed by atoms with Gasteiger partial charge in [0, 0.05) is 21.2 Å². The summed E-state index contributed by atoms with van der Waals surface area (Å²) < 4.78 is 2.27. The van der Waals surface area contributed by atoms with Gasteiger partial charge in [0.05, 0.1) is 0 Å².